The predicted molar refractivity (Wildman–Crippen MR) is 96.0 cm³/mol. The Labute approximate surface area is 144 Å². The number of hydrogen-bond donors (Lipinski definition) is 2. The molecule has 3 aromatic rings. The molecule has 0 saturated heterocycles. The number of carbonyl (C=O) groups is 2. The number of hydrogen-bond acceptors (Lipinski definition) is 3. The van der Waals surface area contributed by atoms with Gasteiger partial charge >= 0.3 is 0 Å². The van der Waals surface area contributed by atoms with Gasteiger partial charge in [-0.25, -0.2) is 0 Å². The van der Waals surface area contributed by atoms with Crippen LogP contribution in [0.4, 0.5) is 11.4 Å². The van der Waals surface area contributed by atoms with E-state index in [-0.39, 0.29) is 11.8 Å². The largest absolute Gasteiger partial charge is 0.479 e. The summed E-state index contributed by atoms with van der Waals surface area (Å²) < 4.78 is 7.44. The van der Waals surface area contributed by atoms with Gasteiger partial charge < -0.3 is 19.9 Å². The van der Waals surface area contributed by atoms with Gasteiger partial charge in [-0.3, -0.25) is 9.59 Å². The van der Waals surface area contributed by atoms with Gasteiger partial charge in [-0.05, 0) is 31.2 Å². The van der Waals surface area contributed by atoms with Gasteiger partial charge in [-0.1, -0.05) is 18.2 Å². The second-order valence-electron chi connectivity index (χ2n) is 6.09. The van der Waals surface area contributed by atoms with Crippen LogP contribution in [0.3, 0.4) is 0 Å². The lowest BCUT2D eigenvalue weighted by Gasteiger charge is -2.23. The Kier molecular flexibility index (Phi) is 3.46. The monoisotopic (exact) mass is 335 g/mol. The summed E-state index contributed by atoms with van der Waals surface area (Å²) in [7, 11) is 1.91. The molecule has 0 fully saturated rings. The Balaban J connectivity index is 1.63. The van der Waals surface area contributed by atoms with Crippen LogP contribution in [0.15, 0.2) is 48.7 Å². The second kappa shape index (κ2) is 5.66. The first-order valence-corrected chi connectivity index (χ1v) is 8.00. The number of para-hydroxylation sites is 1. The fourth-order valence-electron chi connectivity index (χ4n) is 3.01. The van der Waals surface area contributed by atoms with E-state index in [1.807, 2.05) is 42.1 Å². The molecule has 1 aliphatic rings. The van der Waals surface area contributed by atoms with E-state index in [4.69, 9.17) is 4.74 Å². The van der Waals surface area contributed by atoms with E-state index in [0.717, 1.165) is 10.9 Å². The zero-order valence-electron chi connectivity index (χ0n) is 13.9. The summed E-state index contributed by atoms with van der Waals surface area (Å²) in [6.07, 6.45) is 1.29. The molecule has 0 aliphatic carbocycles. The molecule has 126 valence electrons. The van der Waals surface area contributed by atoms with Crippen LogP contribution >= 0.6 is 0 Å². The van der Waals surface area contributed by atoms with Gasteiger partial charge in [0.15, 0.2) is 6.10 Å². The van der Waals surface area contributed by atoms with Crippen LogP contribution < -0.4 is 15.4 Å². The van der Waals surface area contributed by atoms with Gasteiger partial charge in [0, 0.05) is 29.8 Å². The minimum Gasteiger partial charge on any atom is -0.479 e. The first-order chi connectivity index (χ1) is 12.0. The molecule has 4 rings (SSSR count). The number of aromatic nitrogens is 1. The number of aryl methyl sites for hydroxylation is 1. The summed E-state index contributed by atoms with van der Waals surface area (Å²) in [6, 6.07) is 12.9. The van der Waals surface area contributed by atoms with Crippen LogP contribution in [-0.4, -0.2) is 22.5 Å². The van der Waals surface area contributed by atoms with E-state index >= 15 is 0 Å². The molecular formula is C19H17N3O3. The molecule has 6 heteroatoms. The predicted octanol–water partition coefficient (Wildman–Crippen LogP) is 3.15. The van der Waals surface area contributed by atoms with Crippen LogP contribution in [0, 0.1) is 0 Å². The summed E-state index contributed by atoms with van der Waals surface area (Å²) in [4.78, 5) is 24.4. The maximum absolute atomic E-state index is 12.7. The zero-order chi connectivity index (χ0) is 17.6. The summed E-state index contributed by atoms with van der Waals surface area (Å²) in [5.74, 6) is 0.188. The van der Waals surface area contributed by atoms with Crippen LogP contribution in [-0.2, 0) is 11.8 Å². The van der Waals surface area contributed by atoms with Gasteiger partial charge in [0.1, 0.15) is 5.75 Å². The van der Waals surface area contributed by atoms with E-state index in [9.17, 15) is 9.59 Å². The van der Waals surface area contributed by atoms with E-state index in [1.54, 1.807) is 25.1 Å². The second-order valence-corrected chi connectivity index (χ2v) is 6.09. The lowest BCUT2D eigenvalue weighted by molar-refractivity contribution is -0.122. The van der Waals surface area contributed by atoms with Crippen molar-refractivity contribution in [2.75, 3.05) is 10.6 Å². The van der Waals surface area contributed by atoms with Crippen LogP contribution in [0.25, 0.3) is 10.9 Å². The maximum atomic E-state index is 12.7. The average Bonchev–Trinajstić information content (AvgIpc) is 2.94. The summed E-state index contributed by atoms with van der Waals surface area (Å²) in [6.45, 7) is 1.69. The first-order valence-electron chi connectivity index (χ1n) is 8.00. The molecule has 1 aromatic heterocycles. The summed E-state index contributed by atoms with van der Waals surface area (Å²) in [5.41, 5.74) is 2.74. The highest BCUT2D eigenvalue weighted by atomic mass is 16.5. The third-order valence-corrected chi connectivity index (χ3v) is 4.31. The first kappa shape index (κ1) is 15.3. The Morgan fingerprint density at radius 2 is 2.04 bits per heavy atom. The molecular weight excluding hydrogens is 318 g/mol. The lowest BCUT2D eigenvalue weighted by Crippen LogP contribution is -2.34. The third-order valence-electron chi connectivity index (χ3n) is 4.31. The fourth-order valence-corrected chi connectivity index (χ4v) is 3.01. The zero-order valence-corrected chi connectivity index (χ0v) is 13.9. The van der Waals surface area contributed by atoms with Gasteiger partial charge in [0.05, 0.1) is 11.3 Å². The SMILES string of the molecule is CC1Oc2ccc(NC(=O)c3cn(C)c4ccccc34)cc2NC1=O. The standard InChI is InChI=1S/C19H17N3O3/c1-11-18(23)21-15-9-12(7-8-17(15)25-11)20-19(24)14-10-22(2)16-6-4-3-5-13(14)16/h3-11H,1-2H3,(H,20,24)(H,21,23). The molecule has 25 heavy (non-hydrogen) atoms. The van der Waals surface area contributed by atoms with Crippen molar-refractivity contribution < 1.29 is 14.3 Å². The highest BCUT2D eigenvalue weighted by molar-refractivity contribution is 6.13. The summed E-state index contributed by atoms with van der Waals surface area (Å²) in [5, 5.41) is 6.55. The van der Waals surface area contributed by atoms with Crippen LogP contribution in [0.5, 0.6) is 5.75 Å². The van der Waals surface area contributed by atoms with Crippen molar-refractivity contribution in [1.82, 2.24) is 4.57 Å². The van der Waals surface area contributed by atoms with Crippen molar-refractivity contribution in [2.24, 2.45) is 7.05 Å². The van der Waals surface area contributed by atoms with Crippen molar-refractivity contribution >= 4 is 34.1 Å². The molecule has 2 amide bonds. The van der Waals surface area contributed by atoms with Gasteiger partial charge in [-0.2, -0.15) is 0 Å². The van der Waals surface area contributed by atoms with E-state index in [0.29, 0.717) is 22.7 Å². The number of benzene rings is 2. The number of nitrogens with one attached hydrogen (secondary N) is 2. The van der Waals surface area contributed by atoms with Crippen molar-refractivity contribution in [3.63, 3.8) is 0 Å². The van der Waals surface area contributed by atoms with Gasteiger partial charge in [0.2, 0.25) is 0 Å². The Hall–Kier alpha value is -3.28. The Morgan fingerprint density at radius 3 is 2.88 bits per heavy atom. The number of fused-ring (bicyclic) bond motifs is 2. The minimum atomic E-state index is -0.524. The van der Waals surface area contributed by atoms with Crippen molar-refractivity contribution in [2.45, 2.75) is 13.0 Å². The molecule has 0 radical (unpaired) electrons. The normalized spacial score (nSPS) is 16.1. The maximum Gasteiger partial charge on any atom is 0.265 e. The quantitative estimate of drug-likeness (QED) is 0.756. The molecule has 0 saturated carbocycles. The number of carbonyl (C=O) groups excluding carboxylic acids is 2. The Morgan fingerprint density at radius 1 is 1.24 bits per heavy atom. The number of ether oxygens (including phenoxy) is 1. The molecule has 1 aliphatic heterocycles. The molecule has 1 atom stereocenters. The minimum absolute atomic E-state index is 0.201. The molecule has 6 nitrogen and oxygen atoms in total. The third kappa shape index (κ3) is 2.61. The average molecular weight is 335 g/mol. The number of nitrogens with zero attached hydrogens (tertiary/aromatic N) is 1. The highest BCUT2D eigenvalue weighted by Gasteiger charge is 2.24. The molecule has 2 heterocycles. The van der Waals surface area contributed by atoms with E-state index < -0.39 is 6.10 Å². The van der Waals surface area contributed by atoms with Crippen molar-refractivity contribution in [3.8, 4) is 5.75 Å². The van der Waals surface area contributed by atoms with Crippen LogP contribution in [0.1, 0.15) is 17.3 Å². The topological polar surface area (TPSA) is 72.4 Å². The molecule has 2 aromatic carbocycles. The highest BCUT2D eigenvalue weighted by Crippen LogP contribution is 2.32. The molecule has 0 bridgehead atoms. The number of rotatable bonds is 2. The van der Waals surface area contributed by atoms with Gasteiger partial charge in [0.25, 0.3) is 11.8 Å². The van der Waals surface area contributed by atoms with Crippen molar-refractivity contribution in [3.05, 3.63) is 54.2 Å². The molecule has 2 N–H and O–H groups in total. The smallest absolute Gasteiger partial charge is 0.265 e. The van der Waals surface area contributed by atoms with E-state index in [1.165, 1.54) is 0 Å². The van der Waals surface area contributed by atoms with E-state index in [2.05, 4.69) is 10.6 Å². The van der Waals surface area contributed by atoms with Crippen molar-refractivity contribution in [1.29, 1.82) is 0 Å². The molecule has 0 spiro atoms. The van der Waals surface area contributed by atoms with Crippen LogP contribution in [0.2, 0.25) is 0 Å². The number of anilines is 2. The molecule has 1 unspecified atom stereocenters. The summed E-state index contributed by atoms with van der Waals surface area (Å²) >= 11 is 0. The van der Waals surface area contributed by atoms with Gasteiger partial charge in [-0.15, -0.1) is 0 Å². The fraction of sp³-hybridized carbons (Fsp3) is 0.158. The Bertz CT molecular complexity index is 1010. The lowest BCUT2D eigenvalue weighted by atomic mass is 10.1. The number of amides is 2.